The highest BCUT2D eigenvalue weighted by atomic mass is 16.3. The minimum atomic E-state index is 0.901. The smallest absolute Gasteiger partial charge is 0.144 e. The van der Waals surface area contributed by atoms with Crippen LogP contribution in [0.4, 0.5) is 0 Å². The van der Waals surface area contributed by atoms with E-state index in [1.54, 1.807) is 0 Å². The van der Waals surface area contributed by atoms with E-state index < -0.39 is 0 Å². The van der Waals surface area contributed by atoms with Gasteiger partial charge in [-0.3, -0.25) is 0 Å². The van der Waals surface area contributed by atoms with Crippen molar-refractivity contribution in [2.24, 2.45) is 0 Å². The van der Waals surface area contributed by atoms with Gasteiger partial charge >= 0.3 is 0 Å². The quantitative estimate of drug-likeness (QED) is 0.202. The van der Waals surface area contributed by atoms with E-state index in [1.165, 1.54) is 54.5 Å². The number of furan rings is 1. The SMILES string of the molecule is c1ccc(-n2c3ccccc3c3cc(-c4c5ccccc5c(-c5ccc6ccccc6c5)c5oc6ccccc6c45)ccc32)cc1. The summed E-state index contributed by atoms with van der Waals surface area (Å²) in [6.07, 6.45) is 0. The minimum Gasteiger partial charge on any atom is -0.455 e. The second kappa shape index (κ2) is 9.69. The van der Waals surface area contributed by atoms with Crippen molar-refractivity contribution in [1.82, 2.24) is 4.57 Å². The van der Waals surface area contributed by atoms with E-state index in [4.69, 9.17) is 4.42 Å². The third-order valence-corrected chi connectivity index (χ3v) is 9.55. The van der Waals surface area contributed by atoms with Gasteiger partial charge in [0.15, 0.2) is 0 Å². The number of nitrogens with zero attached hydrogens (tertiary/aromatic N) is 1. The molecule has 0 fully saturated rings. The summed E-state index contributed by atoms with van der Waals surface area (Å²) in [6, 6.07) is 58.9. The van der Waals surface area contributed by atoms with Crippen LogP contribution < -0.4 is 0 Å². The van der Waals surface area contributed by atoms with E-state index in [2.05, 4.69) is 168 Å². The fraction of sp³-hybridized carbons (Fsp3) is 0. The molecule has 2 heteroatoms. The van der Waals surface area contributed by atoms with Crippen molar-refractivity contribution < 1.29 is 4.42 Å². The number of hydrogen-bond acceptors (Lipinski definition) is 1. The van der Waals surface area contributed by atoms with Crippen LogP contribution in [-0.2, 0) is 0 Å². The summed E-state index contributed by atoms with van der Waals surface area (Å²) in [6.45, 7) is 0. The number of hydrogen-bond donors (Lipinski definition) is 0. The Morgan fingerprint density at radius 2 is 1.00 bits per heavy atom. The molecule has 0 saturated heterocycles. The molecule has 2 heterocycles. The average molecular weight is 586 g/mol. The Balaban J connectivity index is 1.34. The molecule has 0 aliphatic rings. The van der Waals surface area contributed by atoms with Gasteiger partial charge in [-0.15, -0.1) is 0 Å². The molecule has 0 unspecified atom stereocenters. The molecule has 8 aromatic carbocycles. The van der Waals surface area contributed by atoms with Crippen LogP contribution in [0, 0.1) is 0 Å². The molecule has 0 saturated carbocycles. The predicted octanol–water partition coefficient (Wildman–Crippen LogP) is 12.3. The first kappa shape index (κ1) is 25.2. The van der Waals surface area contributed by atoms with Gasteiger partial charge in [-0.25, -0.2) is 0 Å². The second-order valence-corrected chi connectivity index (χ2v) is 12.1. The summed E-state index contributed by atoms with van der Waals surface area (Å²) in [5, 5.41) is 9.63. The number of benzene rings is 8. The Kier molecular flexibility index (Phi) is 5.31. The standard InChI is InChI=1S/C44H27NO/c1-2-14-32(15-3-1)45-38-20-10-8-16-33(38)37-27-31(24-25-39(37)45)41-34-17-6-7-18-35(34)42(30-23-22-28-12-4-5-13-29(28)26-30)44-43(41)36-19-9-11-21-40(36)46-44/h1-27H. The van der Waals surface area contributed by atoms with Crippen molar-refractivity contribution in [3.8, 4) is 27.9 Å². The first-order valence-corrected chi connectivity index (χ1v) is 15.8. The Labute approximate surface area is 265 Å². The molecule has 0 radical (unpaired) electrons. The monoisotopic (exact) mass is 585 g/mol. The molecule has 10 aromatic rings. The van der Waals surface area contributed by atoms with Gasteiger partial charge in [-0.1, -0.05) is 121 Å². The maximum absolute atomic E-state index is 6.84. The fourth-order valence-corrected chi connectivity index (χ4v) is 7.56. The van der Waals surface area contributed by atoms with Crippen molar-refractivity contribution in [3.05, 3.63) is 164 Å². The summed E-state index contributed by atoms with van der Waals surface area (Å²) in [4.78, 5) is 0. The van der Waals surface area contributed by atoms with Crippen LogP contribution in [-0.4, -0.2) is 4.57 Å². The van der Waals surface area contributed by atoms with Crippen LogP contribution in [0.25, 0.3) is 93.2 Å². The molecule has 46 heavy (non-hydrogen) atoms. The molecule has 0 amide bonds. The van der Waals surface area contributed by atoms with Gasteiger partial charge in [0, 0.05) is 38.4 Å². The maximum atomic E-state index is 6.84. The third-order valence-electron chi connectivity index (χ3n) is 9.55. The van der Waals surface area contributed by atoms with Crippen LogP contribution in [0.15, 0.2) is 168 Å². The van der Waals surface area contributed by atoms with Crippen LogP contribution in [0.5, 0.6) is 0 Å². The minimum absolute atomic E-state index is 0.901. The normalized spacial score (nSPS) is 11.9. The van der Waals surface area contributed by atoms with Crippen LogP contribution in [0.1, 0.15) is 0 Å². The fourth-order valence-electron chi connectivity index (χ4n) is 7.56. The summed E-state index contributed by atoms with van der Waals surface area (Å²) in [5.74, 6) is 0. The lowest BCUT2D eigenvalue weighted by Crippen LogP contribution is -1.93. The highest BCUT2D eigenvalue weighted by molar-refractivity contribution is 6.27. The van der Waals surface area contributed by atoms with E-state index in [9.17, 15) is 0 Å². The van der Waals surface area contributed by atoms with Crippen molar-refractivity contribution in [3.63, 3.8) is 0 Å². The Morgan fingerprint density at radius 3 is 1.85 bits per heavy atom. The lowest BCUT2D eigenvalue weighted by molar-refractivity contribution is 0.670. The highest BCUT2D eigenvalue weighted by Gasteiger charge is 2.23. The van der Waals surface area contributed by atoms with E-state index >= 15 is 0 Å². The summed E-state index contributed by atoms with van der Waals surface area (Å²) >= 11 is 0. The van der Waals surface area contributed by atoms with E-state index in [1.807, 2.05) is 0 Å². The molecule has 0 aliphatic carbocycles. The zero-order chi connectivity index (χ0) is 30.2. The first-order chi connectivity index (χ1) is 22.8. The number of para-hydroxylation sites is 3. The molecule has 2 nitrogen and oxygen atoms in total. The number of rotatable bonds is 3. The highest BCUT2D eigenvalue weighted by Crippen LogP contribution is 2.48. The van der Waals surface area contributed by atoms with Gasteiger partial charge in [-0.05, 0) is 75.1 Å². The topological polar surface area (TPSA) is 18.1 Å². The van der Waals surface area contributed by atoms with Gasteiger partial charge in [0.25, 0.3) is 0 Å². The van der Waals surface area contributed by atoms with Crippen LogP contribution in [0.2, 0.25) is 0 Å². The first-order valence-electron chi connectivity index (χ1n) is 15.8. The van der Waals surface area contributed by atoms with Crippen LogP contribution in [0.3, 0.4) is 0 Å². The van der Waals surface area contributed by atoms with Crippen LogP contribution >= 0.6 is 0 Å². The lowest BCUT2D eigenvalue weighted by atomic mass is 9.87. The molecule has 0 bridgehead atoms. The van der Waals surface area contributed by atoms with Crippen molar-refractivity contribution >= 4 is 65.3 Å². The van der Waals surface area contributed by atoms with E-state index in [0.29, 0.717) is 0 Å². The largest absolute Gasteiger partial charge is 0.455 e. The van der Waals surface area contributed by atoms with Crippen molar-refractivity contribution in [2.45, 2.75) is 0 Å². The van der Waals surface area contributed by atoms with Gasteiger partial charge < -0.3 is 8.98 Å². The summed E-state index contributed by atoms with van der Waals surface area (Å²) in [5.41, 5.74) is 10.1. The zero-order valence-corrected chi connectivity index (χ0v) is 24.9. The lowest BCUT2D eigenvalue weighted by Gasteiger charge is -2.15. The predicted molar refractivity (Wildman–Crippen MR) is 194 cm³/mol. The van der Waals surface area contributed by atoms with Gasteiger partial charge in [0.2, 0.25) is 0 Å². The van der Waals surface area contributed by atoms with Gasteiger partial charge in [0.05, 0.1) is 11.0 Å². The average Bonchev–Trinajstić information content (AvgIpc) is 3.66. The molecule has 0 N–H and O–H groups in total. The van der Waals surface area contributed by atoms with Gasteiger partial charge in [0.1, 0.15) is 11.2 Å². The molecular formula is C44H27NO. The molecule has 214 valence electrons. The number of aromatic nitrogens is 1. The Morgan fingerprint density at radius 1 is 0.391 bits per heavy atom. The zero-order valence-electron chi connectivity index (χ0n) is 24.9. The van der Waals surface area contributed by atoms with Crippen molar-refractivity contribution in [1.29, 1.82) is 0 Å². The Bertz CT molecular complexity index is 2800. The third kappa shape index (κ3) is 3.59. The van der Waals surface area contributed by atoms with Crippen molar-refractivity contribution in [2.75, 3.05) is 0 Å². The molecule has 2 aromatic heterocycles. The molecule has 0 aliphatic heterocycles. The number of fused-ring (bicyclic) bond motifs is 8. The summed E-state index contributed by atoms with van der Waals surface area (Å²) in [7, 11) is 0. The molecule has 0 atom stereocenters. The molecular weight excluding hydrogens is 558 g/mol. The molecule has 10 rings (SSSR count). The second-order valence-electron chi connectivity index (χ2n) is 12.1. The maximum Gasteiger partial charge on any atom is 0.144 e. The summed E-state index contributed by atoms with van der Waals surface area (Å²) < 4.78 is 9.21. The van der Waals surface area contributed by atoms with E-state index in [0.717, 1.165) is 38.8 Å². The molecule has 0 spiro atoms. The van der Waals surface area contributed by atoms with E-state index in [-0.39, 0.29) is 0 Å². The van der Waals surface area contributed by atoms with Gasteiger partial charge in [-0.2, -0.15) is 0 Å². The Hall–Kier alpha value is -6.12.